The molecule has 23 heteroatoms. The third-order valence-electron chi connectivity index (χ3n) is 21.5. The molecule has 9 aromatic rings. The van der Waals surface area contributed by atoms with Crippen molar-refractivity contribution in [2.75, 3.05) is 51.8 Å². The molecule has 9 aliphatic rings. The Morgan fingerprint density at radius 2 is 0.558 bits per heavy atom. The number of hydrogen-bond acceptors (Lipinski definition) is 8. The Balaban J connectivity index is 0.00000149. The molecule has 0 radical (unpaired) electrons. The van der Waals surface area contributed by atoms with Gasteiger partial charge in [-0.05, 0) is 127 Å². The zero-order valence-corrected chi connectivity index (χ0v) is 92.7. The number of ketones is 1. The summed E-state index contributed by atoms with van der Waals surface area (Å²) in [5.74, 6) is 4.16. The molecule has 0 spiro atoms. The van der Waals surface area contributed by atoms with E-state index in [2.05, 4.69) is 247 Å². The van der Waals surface area contributed by atoms with Gasteiger partial charge >= 0.3 is 61.0 Å². The summed E-state index contributed by atoms with van der Waals surface area (Å²) in [6.07, 6.45) is 77.1. The molecule has 2 aromatic heterocycles. The number of nitrogens with zero attached hydrogens (tertiary/aromatic N) is 2. The van der Waals surface area contributed by atoms with Gasteiger partial charge in [-0.1, -0.05) is 425 Å². The van der Waals surface area contributed by atoms with E-state index in [1.165, 1.54) is 292 Å². The number of aromatic nitrogens is 2. The maximum atomic E-state index is 10.6. The minimum atomic E-state index is -3.17. The Bertz CT molecular complexity index is 4160. The first kappa shape index (κ1) is 126. The van der Waals surface area contributed by atoms with Crippen LogP contribution in [-0.2, 0) is 57.7 Å². The summed E-state index contributed by atoms with van der Waals surface area (Å²) in [5.41, 5.74) is 8.36. The van der Waals surface area contributed by atoms with Crippen LogP contribution in [0.2, 0.25) is 0 Å². The third-order valence-corrected chi connectivity index (χ3v) is 25.5. The minimum absolute atomic E-state index is 0. The predicted molar refractivity (Wildman–Crippen MR) is 592 cm³/mol. The summed E-state index contributed by atoms with van der Waals surface area (Å²) in [7, 11) is 36.3. The van der Waals surface area contributed by atoms with Gasteiger partial charge in [-0.25, -0.2) is 40.1 Å². The predicted octanol–water partition coefficient (Wildman–Crippen LogP) is 33.7. The van der Waals surface area contributed by atoms with Crippen LogP contribution in [0, 0.1) is 11.8 Å². The Morgan fingerprint density at radius 3 is 0.744 bits per heavy atom. The van der Waals surface area contributed by atoms with Crippen molar-refractivity contribution in [3.63, 3.8) is 0 Å². The monoisotopic (exact) mass is 2210 g/mol. The van der Waals surface area contributed by atoms with Gasteiger partial charge in [0, 0.05) is 119 Å². The topological polar surface area (TPSA) is 120 Å². The Kier molecular flexibility index (Phi) is 79.1. The number of allylic oxidation sites excluding steroid dienone is 5. The number of ether oxygens (including phenoxy) is 1. The van der Waals surface area contributed by atoms with Gasteiger partial charge in [0.15, 0.2) is 0 Å². The summed E-state index contributed by atoms with van der Waals surface area (Å²) in [6, 6.07) is 67.0. The molecule has 8 nitrogen and oxygen atoms in total. The molecule has 8 fully saturated rings. The second-order valence-electron chi connectivity index (χ2n) is 32.8. The van der Waals surface area contributed by atoms with Crippen molar-refractivity contribution in [2.45, 2.75) is 279 Å². The summed E-state index contributed by atoms with van der Waals surface area (Å²) in [4.78, 5) is 29.6. The molecule has 0 atom stereocenters. The van der Waals surface area contributed by atoms with Gasteiger partial charge in [0.05, 0.1) is 22.1 Å². The molecule has 0 saturated heterocycles. The SMILES string of the molecule is C.C(c1c2ccccc2nc2ccccc12)=P(c1ccccc1)(c1ccccc1)c1ccccc1.C1=CCC=C1.C1CCCC1.C1CCCC1.C1CCCC1.C1CCCC1.C1CCCC1.C1CCCC1.CC(=Cc1c2ccccc2nc2ccccc12)C1CCCC1.CC(=O)C1CCCC1.CC(=O)Cl.COC.CS(C)=O.CS(C)=O.CS(C)=O.S.[Cl][Al]([Cl])[Cl].[Cl][Os]([Cl])([Cl])[Cl]. The summed E-state index contributed by atoms with van der Waals surface area (Å²) >= 11 is -0.253. The normalized spacial score (nSPS) is 15.4. The molecule has 129 heavy (non-hydrogen) atoms. The van der Waals surface area contributed by atoms with E-state index in [-0.39, 0.29) is 26.2 Å². The van der Waals surface area contributed by atoms with E-state index in [9.17, 15) is 22.2 Å². The fourth-order valence-corrected chi connectivity index (χ4v) is 19.6. The van der Waals surface area contributed by atoms with Gasteiger partial charge in [-0.3, -0.25) is 22.2 Å². The third kappa shape index (κ3) is 63.2. The number of halogens is 8. The Labute approximate surface area is 837 Å². The zero-order chi connectivity index (χ0) is 93.6. The number of hydrogen-bond donors (Lipinski definition) is 0. The average molecular weight is 2210 g/mol. The van der Waals surface area contributed by atoms with E-state index in [0.717, 1.165) is 47.2 Å². The second kappa shape index (κ2) is 81.0. The second-order valence-corrected chi connectivity index (χ2v) is 69.5. The number of para-hydroxylation sites is 4. The van der Waals surface area contributed by atoms with E-state index in [4.69, 9.17) is 78.7 Å². The number of benzene rings is 7. The Morgan fingerprint density at radius 1 is 0.372 bits per heavy atom. The van der Waals surface area contributed by atoms with Crippen molar-refractivity contribution in [1.82, 2.24) is 9.97 Å². The molecule has 9 aliphatic carbocycles. The average Bonchev–Trinajstić information content (AvgIpc) is 1.04. The molecule has 0 aliphatic heterocycles. The molecule has 18 rings (SSSR count). The van der Waals surface area contributed by atoms with Gasteiger partial charge in [0.25, 0.3) is 0 Å². The van der Waals surface area contributed by atoms with Crippen molar-refractivity contribution < 1.29 is 38.0 Å². The van der Waals surface area contributed by atoms with Crippen LogP contribution < -0.4 is 15.9 Å². The van der Waals surface area contributed by atoms with Crippen LogP contribution >= 0.6 is 101 Å². The number of fused-ring (bicyclic) bond motifs is 4. The summed E-state index contributed by atoms with van der Waals surface area (Å²) < 4.78 is 32.9. The molecule has 0 N–H and O–H groups in total. The first-order valence-electron chi connectivity index (χ1n) is 45.8. The van der Waals surface area contributed by atoms with Crippen molar-refractivity contribution >= 4 is 227 Å². The molecule has 7 aromatic carbocycles. The van der Waals surface area contributed by atoms with Crippen LogP contribution in [0.4, 0.5) is 0 Å². The van der Waals surface area contributed by atoms with Gasteiger partial charge in [0.1, 0.15) is 5.78 Å². The number of rotatable bonds is 7. The molecule has 0 unspecified atom stereocenters. The van der Waals surface area contributed by atoms with Crippen molar-refractivity contribution in [1.29, 1.82) is 0 Å². The van der Waals surface area contributed by atoms with E-state index in [1.807, 2.05) is 0 Å². The Hall–Kier alpha value is -3.01. The standard InChI is InChI=1S/C32H24NP.C21H21N.C7H12O.6C5H10.C5H6.C2H3ClO.3C2H6OS.C2H6O.CH4.Al.7ClH.Os.H2S/c1-4-14-25(15-5-1)34(26-16-6-2-7-17-26,27-18-8-3-9-19-27)24-30-28-20-10-12-22-31(28)33-32-23-13-11-21-29(30)32;1-15(16-8-2-3-9-16)14-19-17-10-4-6-12-20(17)22-21-13-7-5-11-18(19)21;1-6(8)7-4-2-3-5-7;7*1-2-4-5-3-1;1-2(3)4;3*1-4(2)3;1-3-2;;;;;;;;;;;/h1-24H;4-7,10-14,16H,2-3,8-9H2,1H3;7H,2-5H2,1H3;6*1-5H2;1-4H,5H2;1H3;3*1-2H3;1-2H3;1H4;;7*1H;;1H2/q;;;;;;;;;;;;;;;;+3;;;;;;;;+4;/p-7. The van der Waals surface area contributed by atoms with E-state index in [0.29, 0.717) is 11.7 Å². The van der Waals surface area contributed by atoms with Crippen LogP contribution in [0.15, 0.2) is 218 Å². The first-order chi connectivity index (χ1) is 61.1. The van der Waals surface area contributed by atoms with Gasteiger partial charge in [-0.2, -0.15) is 13.5 Å². The van der Waals surface area contributed by atoms with Crippen LogP contribution in [0.5, 0.6) is 0 Å². The van der Waals surface area contributed by atoms with Gasteiger partial charge in [0.2, 0.25) is 5.24 Å². The molecule has 0 amide bonds. The van der Waals surface area contributed by atoms with E-state index >= 15 is 0 Å². The van der Waals surface area contributed by atoms with E-state index in [1.54, 1.807) is 58.7 Å². The molecule has 0 bridgehead atoms. The number of Topliss-reactive ketones (excluding diaryl/α,β-unsaturated/α-hetero) is 1. The fourth-order valence-electron chi connectivity index (χ4n) is 15.6. The maximum absolute atomic E-state index is 10.6. The van der Waals surface area contributed by atoms with Crippen molar-refractivity contribution in [3.05, 3.63) is 229 Å². The zero-order valence-electron chi connectivity index (χ0n) is 78.6. The first-order valence-corrected chi connectivity index (χ1v) is 71.8. The number of pyridine rings is 2. The van der Waals surface area contributed by atoms with Crippen LogP contribution in [0.1, 0.15) is 290 Å². The molecular weight excluding hydrogens is 2060 g/mol. The van der Waals surface area contributed by atoms with Crippen LogP contribution in [0.3, 0.4) is 0 Å². The quantitative estimate of drug-likeness (QED) is 0.0670. The number of carbonyl (C=O) groups excluding carboxylic acids is 2. The van der Waals surface area contributed by atoms with Crippen molar-refractivity contribution in [3.8, 4) is 0 Å². The van der Waals surface area contributed by atoms with Gasteiger partial charge in [-0.15, -0.1) is 0 Å². The number of carbonyl (C=O) groups is 2. The molecule has 2 heterocycles. The van der Waals surface area contributed by atoms with Crippen LogP contribution in [0.25, 0.3) is 49.7 Å². The molecule has 722 valence electrons. The molecular formula is C106H156AlCl8N2O6OsPS4. The number of methoxy groups -OCH3 is 1. The fraction of sp³-hybridized carbons (Fsp3) is 0.500. The summed E-state index contributed by atoms with van der Waals surface area (Å²) in [5, 5.41) is 8.57. The van der Waals surface area contributed by atoms with Gasteiger partial charge < -0.3 is 4.74 Å². The van der Waals surface area contributed by atoms with Crippen LogP contribution in [-0.4, -0.2) is 103 Å². The molecule has 8 saturated carbocycles. The van der Waals surface area contributed by atoms with E-state index < -0.39 is 61.7 Å². The van der Waals surface area contributed by atoms with Crippen molar-refractivity contribution in [2.24, 2.45) is 11.8 Å². The summed E-state index contributed by atoms with van der Waals surface area (Å²) in [6.45, 7) is 3.17.